The summed E-state index contributed by atoms with van der Waals surface area (Å²) in [6, 6.07) is 8.84. The van der Waals surface area contributed by atoms with Crippen molar-refractivity contribution in [1.29, 1.82) is 0 Å². The summed E-state index contributed by atoms with van der Waals surface area (Å²) < 4.78 is 13.4. The molecule has 1 aliphatic rings. The van der Waals surface area contributed by atoms with Gasteiger partial charge in [0.2, 0.25) is 0 Å². The molecule has 0 aliphatic carbocycles. The van der Waals surface area contributed by atoms with E-state index in [1.54, 1.807) is 24.3 Å². The topological polar surface area (TPSA) is 90.2 Å². The molecule has 1 aromatic rings. The number of ether oxygens (including phenoxy) is 1. The van der Waals surface area contributed by atoms with Gasteiger partial charge in [0.1, 0.15) is 29.8 Å². The average molecular weight is 273 g/mol. The molecule has 2 rings (SSSR count). The first-order valence-corrected chi connectivity index (χ1v) is 6.36. The van der Waals surface area contributed by atoms with E-state index in [0.717, 1.165) is 11.8 Å². The largest absolute Gasteiger partial charge is 0.394 e. The Kier molecular flexibility index (Phi) is 4.14. The molecule has 1 aromatic carbocycles. The summed E-state index contributed by atoms with van der Waals surface area (Å²) in [5.74, 6) is 0. The van der Waals surface area contributed by atoms with E-state index in [9.17, 15) is 15.3 Å². The number of aliphatic hydroxyl groups excluding tert-OH is 4. The van der Waals surface area contributed by atoms with Crippen molar-refractivity contribution in [3.05, 3.63) is 30.3 Å². The van der Waals surface area contributed by atoms with Crippen molar-refractivity contribution in [2.24, 2.45) is 0 Å². The van der Waals surface area contributed by atoms with E-state index in [2.05, 4.69) is 0 Å². The molecule has 1 heterocycles. The number of benzene rings is 1. The van der Waals surface area contributed by atoms with Crippen LogP contribution in [0, 0.1) is 0 Å². The van der Waals surface area contributed by atoms with Crippen molar-refractivity contribution in [2.75, 3.05) is 6.61 Å². The van der Waals surface area contributed by atoms with E-state index < -0.39 is 36.4 Å². The van der Waals surface area contributed by atoms with Crippen LogP contribution in [0.3, 0.4) is 0 Å². The minimum atomic E-state index is -1.88. The fourth-order valence-corrected chi connectivity index (χ4v) is 2.63. The summed E-state index contributed by atoms with van der Waals surface area (Å²) in [7, 11) is 0. The highest BCUT2D eigenvalue weighted by Crippen LogP contribution is 2.32. The average Bonchev–Trinajstić information content (AvgIpc) is 2.42. The number of aliphatic hydroxyl groups is 4. The van der Waals surface area contributed by atoms with Crippen LogP contribution in [-0.2, 0) is 4.74 Å². The Hall–Kier alpha value is -0.630. The molecule has 4 N–H and O–H groups in total. The Morgan fingerprint density at radius 2 is 1.78 bits per heavy atom. The summed E-state index contributed by atoms with van der Waals surface area (Å²) in [6.07, 6.45) is -5.66. The normalized spacial score (nSPS) is 41.4. The minimum Gasteiger partial charge on any atom is -0.394 e. The number of hydrogen-bond acceptors (Lipinski definition) is 6. The van der Waals surface area contributed by atoms with E-state index in [-0.39, 0.29) is 0 Å². The summed E-state index contributed by atoms with van der Waals surface area (Å²) in [5, 5.41) is 38.4. The lowest BCUT2D eigenvalue weighted by molar-refractivity contribution is -0.205. The molecule has 0 saturated carbocycles. The van der Waals surface area contributed by atoms with Gasteiger partial charge in [-0.15, -0.1) is 0 Å². The summed E-state index contributed by atoms with van der Waals surface area (Å²) in [5.41, 5.74) is -1.88. The van der Waals surface area contributed by atoms with Gasteiger partial charge in [0.15, 0.2) is 0 Å². The van der Waals surface area contributed by atoms with Crippen LogP contribution in [0.5, 0.6) is 0 Å². The van der Waals surface area contributed by atoms with Gasteiger partial charge in [-0.3, -0.25) is 0 Å². The maximum atomic E-state index is 9.92. The predicted octanol–water partition coefficient (Wildman–Crippen LogP) is -0.421. The van der Waals surface area contributed by atoms with E-state index in [1.807, 2.05) is 6.07 Å². The Morgan fingerprint density at radius 1 is 1.11 bits per heavy atom. The van der Waals surface area contributed by atoms with Crippen molar-refractivity contribution in [1.82, 2.24) is 0 Å². The lowest BCUT2D eigenvalue weighted by atomic mass is 10.0. The van der Waals surface area contributed by atoms with E-state index in [4.69, 9.17) is 11.2 Å². The molecule has 100 valence electrons. The lowest BCUT2D eigenvalue weighted by Gasteiger charge is -2.39. The van der Waals surface area contributed by atoms with Crippen molar-refractivity contribution in [3.63, 3.8) is 0 Å². The zero-order valence-electron chi connectivity index (χ0n) is 10.5. The maximum absolute atomic E-state index is 9.92. The van der Waals surface area contributed by atoms with Crippen molar-refractivity contribution in [3.8, 4) is 0 Å². The Labute approximate surface area is 110 Å². The second-order valence-corrected chi connectivity index (χ2v) is 5.08. The predicted molar refractivity (Wildman–Crippen MR) is 66.1 cm³/mol. The first-order valence-electron chi connectivity index (χ1n) is 6.05. The number of rotatable bonds is 3. The monoisotopic (exact) mass is 273 g/mol. The molecule has 0 amide bonds. The minimum absolute atomic E-state index is 0.541. The summed E-state index contributed by atoms with van der Waals surface area (Å²) in [6.45, 7) is -0.541. The second kappa shape index (κ2) is 6.01. The molecule has 0 radical (unpaired) electrons. The first kappa shape index (κ1) is 12.4. The molecule has 5 nitrogen and oxygen atoms in total. The van der Waals surface area contributed by atoms with Crippen molar-refractivity contribution >= 4 is 11.8 Å². The van der Waals surface area contributed by atoms with Gasteiger partial charge >= 0.3 is 0 Å². The van der Waals surface area contributed by atoms with Gasteiger partial charge in [0.25, 0.3) is 0 Å². The molecule has 18 heavy (non-hydrogen) atoms. The Balaban J connectivity index is 2.21. The Morgan fingerprint density at radius 3 is 2.39 bits per heavy atom. The van der Waals surface area contributed by atoms with Gasteiger partial charge in [-0.05, 0) is 12.1 Å². The van der Waals surface area contributed by atoms with Crippen LogP contribution in [0.4, 0.5) is 0 Å². The van der Waals surface area contributed by atoms with Gasteiger partial charge < -0.3 is 25.2 Å². The highest BCUT2D eigenvalue weighted by Gasteiger charge is 2.43. The van der Waals surface area contributed by atoms with E-state index >= 15 is 0 Å². The summed E-state index contributed by atoms with van der Waals surface area (Å²) >= 11 is 0.912. The van der Waals surface area contributed by atoms with Crippen LogP contribution in [0.25, 0.3) is 0 Å². The van der Waals surface area contributed by atoms with Gasteiger partial charge in [-0.1, -0.05) is 30.0 Å². The highest BCUT2D eigenvalue weighted by atomic mass is 32.2. The van der Waals surface area contributed by atoms with Gasteiger partial charge in [0, 0.05) is 4.90 Å². The number of hydrogen-bond donors (Lipinski definition) is 4. The molecule has 0 unspecified atom stereocenters. The zero-order valence-corrected chi connectivity index (χ0v) is 10.3. The van der Waals surface area contributed by atoms with Crippen LogP contribution in [0.15, 0.2) is 35.2 Å². The number of thioether (sulfide) groups is 1. The fraction of sp³-hybridized carbons (Fsp3) is 0.500. The van der Waals surface area contributed by atoms with Crippen molar-refractivity contribution < 1.29 is 26.5 Å². The molecule has 1 aliphatic heterocycles. The van der Waals surface area contributed by atoms with E-state index in [0.29, 0.717) is 4.90 Å². The molecule has 5 atom stereocenters. The molecule has 1 fully saturated rings. The quantitative estimate of drug-likeness (QED) is 0.598. The molecule has 1 saturated heterocycles. The molecule has 6 heteroatoms. The third-order valence-electron chi connectivity index (χ3n) is 2.70. The molecule has 0 bridgehead atoms. The third kappa shape index (κ3) is 2.85. The molecular formula is C12H16O5S. The SMILES string of the molecule is [2H][C@]1(Sc2ccccc2)O[C@H](CO)[C@@H](O)[C@H](O)[C@@H]1O. The zero-order chi connectivity index (χ0) is 14.0. The lowest BCUT2D eigenvalue weighted by Crippen LogP contribution is -2.57. The fourth-order valence-electron chi connectivity index (χ4n) is 1.67. The van der Waals surface area contributed by atoms with Crippen LogP contribution in [0.2, 0.25) is 0 Å². The van der Waals surface area contributed by atoms with Gasteiger partial charge in [-0.2, -0.15) is 0 Å². The van der Waals surface area contributed by atoms with Gasteiger partial charge in [0.05, 0.1) is 7.98 Å². The molecule has 0 spiro atoms. The standard InChI is InChI=1S/C12H16O5S/c13-6-8-9(14)10(15)11(16)12(17-8)18-7-4-2-1-3-5-7/h1-5,8-16H,6H2/t8-,9-,10+,11+,12-/m1/s1/i12D. The maximum Gasteiger partial charge on any atom is 0.136 e. The van der Waals surface area contributed by atoms with Crippen LogP contribution < -0.4 is 0 Å². The Bertz CT molecular complexity index is 418. The highest BCUT2D eigenvalue weighted by molar-refractivity contribution is 7.99. The van der Waals surface area contributed by atoms with Crippen LogP contribution >= 0.6 is 11.8 Å². The smallest absolute Gasteiger partial charge is 0.136 e. The third-order valence-corrected chi connectivity index (χ3v) is 3.75. The van der Waals surface area contributed by atoms with Gasteiger partial charge in [-0.25, -0.2) is 0 Å². The molecular weight excluding hydrogens is 256 g/mol. The van der Waals surface area contributed by atoms with E-state index in [1.165, 1.54) is 0 Å². The van der Waals surface area contributed by atoms with Crippen LogP contribution in [0.1, 0.15) is 1.37 Å². The molecule has 0 aromatic heterocycles. The summed E-state index contributed by atoms with van der Waals surface area (Å²) in [4.78, 5) is 0.678. The first-order chi connectivity index (χ1) is 8.98. The van der Waals surface area contributed by atoms with Crippen molar-refractivity contribution in [2.45, 2.75) is 34.7 Å². The second-order valence-electron chi connectivity index (χ2n) is 4.00. The van der Waals surface area contributed by atoms with Crippen LogP contribution in [-0.4, -0.2) is 56.9 Å².